The molecule has 30 heavy (non-hydrogen) atoms. The lowest BCUT2D eigenvalue weighted by Crippen LogP contribution is -2.58. The predicted molar refractivity (Wildman–Crippen MR) is 109 cm³/mol. The average molecular weight is 424 g/mol. The first-order chi connectivity index (χ1) is 14.0. The maximum absolute atomic E-state index is 13.2. The second kappa shape index (κ2) is 8.70. The van der Waals surface area contributed by atoms with Gasteiger partial charge in [0.15, 0.2) is 5.79 Å². The van der Waals surface area contributed by atoms with Crippen LogP contribution in [0.5, 0.6) is 5.75 Å². The highest BCUT2D eigenvalue weighted by Crippen LogP contribution is 2.44. The van der Waals surface area contributed by atoms with Gasteiger partial charge in [0.2, 0.25) is 0 Å². The van der Waals surface area contributed by atoms with Crippen LogP contribution >= 0.6 is 0 Å². The fourth-order valence-corrected chi connectivity index (χ4v) is 3.92. The van der Waals surface area contributed by atoms with E-state index in [0.717, 1.165) is 11.3 Å². The van der Waals surface area contributed by atoms with Gasteiger partial charge in [0, 0.05) is 7.11 Å². The highest BCUT2D eigenvalue weighted by atomic mass is 16.8. The molecule has 0 unspecified atom stereocenters. The molecule has 0 N–H and O–H groups in total. The number of piperidine rings is 1. The fraction of sp³-hybridized carbons (Fsp3) is 0.682. The van der Waals surface area contributed by atoms with E-state index in [1.165, 1.54) is 0 Å². The molecule has 2 fully saturated rings. The highest BCUT2D eigenvalue weighted by Gasteiger charge is 2.56. The Kier molecular flexibility index (Phi) is 6.62. The van der Waals surface area contributed by atoms with Crippen LogP contribution in [0.4, 0.5) is 4.79 Å². The molecule has 0 radical (unpaired) electrons. The van der Waals surface area contributed by atoms with Crippen molar-refractivity contribution in [2.75, 3.05) is 27.6 Å². The van der Waals surface area contributed by atoms with Crippen molar-refractivity contribution in [1.29, 1.82) is 0 Å². The van der Waals surface area contributed by atoms with Gasteiger partial charge in [0.25, 0.3) is 0 Å². The monoisotopic (exact) mass is 423 g/mol. The molecule has 1 aromatic rings. The molecule has 4 atom stereocenters. The van der Waals surface area contributed by atoms with Gasteiger partial charge in [-0.05, 0) is 52.3 Å². The molecule has 0 aliphatic carbocycles. The van der Waals surface area contributed by atoms with Crippen LogP contribution in [0.25, 0.3) is 0 Å². The Morgan fingerprint density at radius 2 is 1.77 bits per heavy atom. The maximum atomic E-state index is 13.2. The van der Waals surface area contributed by atoms with Gasteiger partial charge in [-0.3, -0.25) is 4.90 Å². The summed E-state index contributed by atoms with van der Waals surface area (Å²) in [6.07, 6.45) is -1.64. The summed E-state index contributed by atoms with van der Waals surface area (Å²) in [7, 11) is 3.18. The highest BCUT2D eigenvalue weighted by molar-refractivity contribution is 5.69. The average Bonchev–Trinajstić information content (AvgIpc) is 2.99. The lowest BCUT2D eigenvalue weighted by Gasteiger charge is -2.45. The van der Waals surface area contributed by atoms with Gasteiger partial charge in [-0.15, -0.1) is 0 Å². The zero-order valence-electron chi connectivity index (χ0n) is 18.8. The Morgan fingerprint density at radius 3 is 2.33 bits per heavy atom. The summed E-state index contributed by atoms with van der Waals surface area (Å²) >= 11 is 0. The lowest BCUT2D eigenvalue weighted by molar-refractivity contribution is -0.170. The number of hydrogen-bond donors (Lipinski definition) is 0. The van der Waals surface area contributed by atoms with Gasteiger partial charge in [0.1, 0.15) is 36.5 Å². The molecule has 168 valence electrons. The largest absolute Gasteiger partial charge is 0.497 e. The van der Waals surface area contributed by atoms with E-state index >= 15 is 0 Å². The van der Waals surface area contributed by atoms with Crippen molar-refractivity contribution < 1.29 is 33.2 Å². The van der Waals surface area contributed by atoms with Gasteiger partial charge in [-0.25, -0.2) is 4.79 Å². The van der Waals surface area contributed by atoms with Gasteiger partial charge < -0.3 is 28.4 Å². The van der Waals surface area contributed by atoms with Crippen molar-refractivity contribution in [2.45, 2.75) is 70.4 Å². The number of rotatable bonds is 5. The molecule has 8 nitrogen and oxygen atoms in total. The van der Waals surface area contributed by atoms with Crippen molar-refractivity contribution in [3.05, 3.63) is 29.8 Å². The van der Waals surface area contributed by atoms with Gasteiger partial charge >= 0.3 is 6.09 Å². The number of fused-ring (bicyclic) bond motifs is 1. The molecule has 2 aliphatic heterocycles. The minimum absolute atomic E-state index is 0.0903. The molecule has 1 amide bonds. The van der Waals surface area contributed by atoms with E-state index < -0.39 is 35.7 Å². The molecular formula is C22H33NO7. The normalized spacial score (nSPS) is 28.2. The summed E-state index contributed by atoms with van der Waals surface area (Å²) in [5.41, 5.74) is 0.274. The minimum atomic E-state index is -0.807. The van der Waals surface area contributed by atoms with E-state index in [1.807, 2.05) is 58.9 Å². The lowest BCUT2D eigenvalue weighted by atomic mass is 9.89. The van der Waals surface area contributed by atoms with E-state index in [4.69, 9.17) is 28.4 Å². The SMILES string of the molecule is COCO[C@H]1CN(C(=O)OC(C)(C)C)[C@H](c2ccc(OC)cc2)[C@@H]2OC(C)(C)O[C@H]21. The number of nitrogens with zero attached hydrogens (tertiary/aromatic N) is 1. The summed E-state index contributed by atoms with van der Waals surface area (Å²) in [6, 6.07) is 7.20. The van der Waals surface area contributed by atoms with Crippen LogP contribution in [0.3, 0.4) is 0 Å². The number of carbonyl (C=O) groups excluding carboxylic acids is 1. The number of amides is 1. The maximum Gasteiger partial charge on any atom is 0.410 e. The molecule has 0 saturated carbocycles. The Hall–Kier alpha value is -1.87. The Balaban J connectivity index is 1.99. The van der Waals surface area contributed by atoms with Crippen LogP contribution < -0.4 is 4.74 Å². The van der Waals surface area contributed by atoms with Crippen molar-refractivity contribution in [3.63, 3.8) is 0 Å². The number of methoxy groups -OCH3 is 2. The zero-order chi connectivity index (χ0) is 22.1. The molecule has 2 heterocycles. The number of hydrogen-bond acceptors (Lipinski definition) is 7. The molecular weight excluding hydrogens is 390 g/mol. The van der Waals surface area contributed by atoms with Crippen LogP contribution in [-0.2, 0) is 23.7 Å². The topological polar surface area (TPSA) is 75.7 Å². The van der Waals surface area contributed by atoms with E-state index in [0.29, 0.717) is 0 Å². The van der Waals surface area contributed by atoms with Crippen molar-refractivity contribution >= 4 is 6.09 Å². The molecule has 2 aliphatic rings. The van der Waals surface area contributed by atoms with Crippen molar-refractivity contribution in [1.82, 2.24) is 4.90 Å². The fourth-order valence-electron chi connectivity index (χ4n) is 3.92. The second-order valence-electron chi connectivity index (χ2n) is 9.03. The summed E-state index contributed by atoms with van der Waals surface area (Å²) < 4.78 is 34.4. The molecule has 0 spiro atoms. The quantitative estimate of drug-likeness (QED) is 0.671. The third kappa shape index (κ3) is 5.06. The number of carbonyl (C=O) groups is 1. The first-order valence-corrected chi connectivity index (χ1v) is 10.1. The van der Waals surface area contributed by atoms with E-state index in [1.54, 1.807) is 19.1 Å². The van der Waals surface area contributed by atoms with Crippen LogP contribution in [0.1, 0.15) is 46.2 Å². The predicted octanol–water partition coefficient (Wildman–Crippen LogP) is 3.50. The Labute approximate surface area is 178 Å². The summed E-state index contributed by atoms with van der Waals surface area (Å²) in [4.78, 5) is 14.9. The number of ether oxygens (including phenoxy) is 6. The van der Waals surface area contributed by atoms with Crippen LogP contribution in [-0.4, -0.2) is 68.3 Å². The minimum Gasteiger partial charge on any atom is -0.497 e. The third-order valence-corrected chi connectivity index (χ3v) is 5.04. The van der Waals surface area contributed by atoms with Gasteiger partial charge in [0.05, 0.1) is 19.7 Å². The van der Waals surface area contributed by atoms with Crippen molar-refractivity contribution in [2.24, 2.45) is 0 Å². The molecule has 2 saturated heterocycles. The van der Waals surface area contributed by atoms with Crippen LogP contribution in [0, 0.1) is 0 Å². The van der Waals surface area contributed by atoms with Crippen LogP contribution in [0.15, 0.2) is 24.3 Å². The Morgan fingerprint density at radius 1 is 1.13 bits per heavy atom. The van der Waals surface area contributed by atoms with E-state index in [2.05, 4.69) is 0 Å². The smallest absolute Gasteiger partial charge is 0.410 e. The second-order valence-corrected chi connectivity index (χ2v) is 9.03. The van der Waals surface area contributed by atoms with E-state index in [-0.39, 0.29) is 19.4 Å². The molecule has 0 aromatic heterocycles. The summed E-state index contributed by atoms with van der Waals surface area (Å²) in [5.74, 6) is -0.0706. The summed E-state index contributed by atoms with van der Waals surface area (Å²) in [5, 5.41) is 0. The van der Waals surface area contributed by atoms with Crippen LogP contribution in [0.2, 0.25) is 0 Å². The number of benzene rings is 1. The molecule has 8 heteroatoms. The zero-order valence-corrected chi connectivity index (χ0v) is 18.8. The van der Waals surface area contributed by atoms with Gasteiger partial charge in [-0.2, -0.15) is 0 Å². The van der Waals surface area contributed by atoms with Crippen molar-refractivity contribution in [3.8, 4) is 5.75 Å². The molecule has 3 rings (SSSR count). The first-order valence-electron chi connectivity index (χ1n) is 10.1. The van der Waals surface area contributed by atoms with Gasteiger partial charge in [-0.1, -0.05) is 12.1 Å². The molecule has 0 bridgehead atoms. The number of likely N-dealkylation sites (tertiary alicyclic amines) is 1. The first kappa shape index (κ1) is 22.8. The summed E-state index contributed by atoms with van der Waals surface area (Å²) in [6.45, 7) is 9.64. The Bertz CT molecular complexity index is 728. The third-order valence-electron chi connectivity index (χ3n) is 5.04. The molecule has 1 aromatic carbocycles. The van der Waals surface area contributed by atoms with E-state index in [9.17, 15) is 4.79 Å². The standard InChI is InChI=1S/C22H33NO7/c1-21(2,3)30-20(24)23-12-16(27-13-25-6)18-19(29-22(4,5)28-18)17(23)14-8-10-15(26-7)11-9-14/h8-11,16-19H,12-13H2,1-7H3/t16-,17+,18-,19-/m0/s1.